The normalized spacial score (nSPS) is 17.9. The lowest BCUT2D eigenvalue weighted by atomic mass is 9.78. The van der Waals surface area contributed by atoms with Crippen LogP contribution in [0.25, 0.3) is 0 Å². The van der Waals surface area contributed by atoms with Crippen molar-refractivity contribution in [3.63, 3.8) is 0 Å². The molecule has 2 rings (SSSR count). The molecule has 1 aliphatic rings. The van der Waals surface area contributed by atoms with Crippen LogP contribution >= 0.6 is 0 Å². The first-order valence-electron chi connectivity index (χ1n) is 7.75. The molecule has 1 fully saturated rings. The van der Waals surface area contributed by atoms with Crippen LogP contribution in [-0.4, -0.2) is 15.6 Å². The second kappa shape index (κ2) is 5.63. The summed E-state index contributed by atoms with van der Waals surface area (Å²) in [4.78, 5) is 11.3. The Balaban J connectivity index is 2.30. The van der Waals surface area contributed by atoms with E-state index in [4.69, 9.17) is 0 Å². The molecule has 0 atom stereocenters. The van der Waals surface area contributed by atoms with Crippen molar-refractivity contribution in [1.82, 2.24) is 4.57 Å². The standard InChI is InChI=1S/C17H27NO2/c1-12(2)10-17(7-5-6-8-17)11-18-13(3)9-15(14(18)4)16(19)20/h9,12H,5-8,10-11H2,1-4H3,(H,19,20). The van der Waals surface area contributed by atoms with Crippen LogP contribution in [0, 0.1) is 25.2 Å². The van der Waals surface area contributed by atoms with Gasteiger partial charge in [0.2, 0.25) is 0 Å². The van der Waals surface area contributed by atoms with Crippen LogP contribution < -0.4 is 0 Å². The van der Waals surface area contributed by atoms with Crippen LogP contribution in [0.3, 0.4) is 0 Å². The van der Waals surface area contributed by atoms with Gasteiger partial charge in [-0.2, -0.15) is 0 Å². The van der Waals surface area contributed by atoms with Gasteiger partial charge in [0.25, 0.3) is 0 Å². The maximum atomic E-state index is 11.3. The molecular weight excluding hydrogens is 250 g/mol. The van der Waals surface area contributed by atoms with Crippen LogP contribution in [0.2, 0.25) is 0 Å². The molecule has 0 aliphatic heterocycles. The van der Waals surface area contributed by atoms with Gasteiger partial charge in [-0.1, -0.05) is 26.7 Å². The van der Waals surface area contributed by atoms with E-state index in [0.717, 1.165) is 17.9 Å². The molecule has 0 bridgehead atoms. The van der Waals surface area contributed by atoms with Gasteiger partial charge in [-0.25, -0.2) is 4.79 Å². The van der Waals surface area contributed by atoms with E-state index in [1.54, 1.807) is 0 Å². The minimum absolute atomic E-state index is 0.373. The molecule has 1 aromatic heterocycles. The van der Waals surface area contributed by atoms with Crippen LogP contribution in [-0.2, 0) is 6.54 Å². The zero-order valence-corrected chi connectivity index (χ0v) is 13.2. The molecule has 0 saturated heterocycles. The smallest absolute Gasteiger partial charge is 0.337 e. The Morgan fingerprint density at radius 3 is 2.40 bits per heavy atom. The zero-order chi connectivity index (χ0) is 14.9. The fourth-order valence-electron chi connectivity index (χ4n) is 4.01. The van der Waals surface area contributed by atoms with Crippen LogP contribution in [0.5, 0.6) is 0 Å². The number of carboxylic acids is 1. The molecule has 20 heavy (non-hydrogen) atoms. The van der Waals surface area contributed by atoms with Gasteiger partial charge in [-0.05, 0) is 50.5 Å². The van der Waals surface area contributed by atoms with Gasteiger partial charge in [0, 0.05) is 17.9 Å². The van der Waals surface area contributed by atoms with Gasteiger partial charge in [-0.3, -0.25) is 0 Å². The number of hydrogen-bond acceptors (Lipinski definition) is 1. The average Bonchev–Trinajstić information content (AvgIpc) is 2.89. The van der Waals surface area contributed by atoms with Crippen molar-refractivity contribution in [1.29, 1.82) is 0 Å². The molecule has 3 nitrogen and oxygen atoms in total. The van der Waals surface area contributed by atoms with Crippen molar-refractivity contribution in [3.8, 4) is 0 Å². The molecule has 0 spiro atoms. The van der Waals surface area contributed by atoms with Crippen LogP contribution in [0.4, 0.5) is 0 Å². The Morgan fingerprint density at radius 1 is 1.35 bits per heavy atom. The number of carbonyl (C=O) groups is 1. The molecule has 1 aromatic rings. The molecule has 3 heteroatoms. The number of nitrogens with zero attached hydrogens (tertiary/aromatic N) is 1. The predicted molar refractivity (Wildman–Crippen MR) is 81.2 cm³/mol. The van der Waals surface area contributed by atoms with E-state index < -0.39 is 5.97 Å². The Kier molecular flexibility index (Phi) is 4.26. The van der Waals surface area contributed by atoms with E-state index in [0.29, 0.717) is 16.9 Å². The Hall–Kier alpha value is -1.25. The quantitative estimate of drug-likeness (QED) is 0.866. The molecule has 1 heterocycles. The van der Waals surface area contributed by atoms with Gasteiger partial charge < -0.3 is 9.67 Å². The third-order valence-corrected chi connectivity index (χ3v) is 4.80. The molecule has 1 saturated carbocycles. The summed E-state index contributed by atoms with van der Waals surface area (Å²) in [5.74, 6) is -0.114. The largest absolute Gasteiger partial charge is 0.478 e. The topological polar surface area (TPSA) is 42.2 Å². The second-order valence-corrected chi connectivity index (χ2v) is 6.98. The summed E-state index contributed by atoms with van der Waals surface area (Å²) in [5, 5.41) is 9.26. The van der Waals surface area contributed by atoms with Gasteiger partial charge >= 0.3 is 5.97 Å². The molecule has 112 valence electrons. The first kappa shape index (κ1) is 15.1. The van der Waals surface area contributed by atoms with Crippen LogP contribution in [0.15, 0.2) is 6.07 Å². The highest BCUT2D eigenvalue weighted by Gasteiger charge is 2.35. The van der Waals surface area contributed by atoms with E-state index in [2.05, 4.69) is 18.4 Å². The summed E-state index contributed by atoms with van der Waals surface area (Å²) in [6, 6.07) is 1.82. The maximum absolute atomic E-state index is 11.3. The average molecular weight is 277 g/mol. The Morgan fingerprint density at radius 2 is 1.95 bits per heavy atom. The van der Waals surface area contributed by atoms with E-state index in [1.165, 1.54) is 32.1 Å². The number of aryl methyl sites for hydroxylation is 1. The maximum Gasteiger partial charge on any atom is 0.337 e. The molecule has 0 unspecified atom stereocenters. The first-order valence-corrected chi connectivity index (χ1v) is 7.75. The number of hydrogen-bond donors (Lipinski definition) is 1. The molecule has 0 radical (unpaired) electrons. The lowest BCUT2D eigenvalue weighted by molar-refractivity contribution is 0.0695. The fraction of sp³-hybridized carbons (Fsp3) is 0.706. The predicted octanol–water partition coefficient (Wildman–Crippen LogP) is 4.41. The van der Waals surface area contributed by atoms with Gasteiger partial charge in [0.05, 0.1) is 5.56 Å². The van der Waals surface area contributed by atoms with Crippen molar-refractivity contribution in [2.75, 3.05) is 0 Å². The molecule has 1 aliphatic carbocycles. The van der Waals surface area contributed by atoms with Crippen molar-refractivity contribution < 1.29 is 9.90 Å². The second-order valence-electron chi connectivity index (χ2n) is 6.98. The number of aromatic carboxylic acids is 1. The van der Waals surface area contributed by atoms with Gasteiger partial charge in [0.1, 0.15) is 0 Å². The van der Waals surface area contributed by atoms with E-state index in [-0.39, 0.29) is 0 Å². The van der Waals surface area contributed by atoms with E-state index >= 15 is 0 Å². The van der Waals surface area contributed by atoms with Crippen molar-refractivity contribution >= 4 is 5.97 Å². The lowest BCUT2D eigenvalue weighted by Gasteiger charge is -2.32. The highest BCUT2D eigenvalue weighted by atomic mass is 16.4. The number of carboxylic acid groups (broad SMARTS) is 1. The minimum Gasteiger partial charge on any atom is -0.478 e. The molecule has 1 N–H and O–H groups in total. The first-order chi connectivity index (χ1) is 9.34. The fourth-order valence-corrected chi connectivity index (χ4v) is 4.01. The Bertz CT molecular complexity index is 493. The summed E-state index contributed by atoms with van der Waals surface area (Å²) in [6.45, 7) is 9.53. The monoisotopic (exact) mass is 277 g/mol. The minimum atomic E-state index is -0.811. The zero-order valence-electron chi connectivity index (χ0n) is 13.2. The summed E-state index contributed by atoms with van der Waals surface area (Å²) < 4.78 is 2.23. The summed E-state index contributed by atoms with van der Waals surface area (Å²) in [6.07, 6.45) is 6.44. The van der Waals surface area contributed by atoms with E-state index in [9.17, 15) is 9.90 Å². The lowest BCUT2D eigenvalue weighted by Crippen LogP contribution is -2.26. The Labute approximate surface area is 122 Å². The molecule has 0 amide bonds. The highest BCUT2D eigenvalue weighted by Crippen LogP contribution is 2.45. The SMILES string of the molecule is Cc1cc(C(=O)O)c(C)n1CC1(CC(C)C)CCCC1. The van der Waals surface area contributed by atoms with Gasteiger partial charge in [-0.15, -0.1) is 0 Å². The molecule has 0 aromatic carbocycles. The number of aromatic nitrogens is 1. The van der Waals surface area contributed by atoms with E-state index in [1.807, 2.05) is 19.9 Å². The third kappa shape index (κ3) is 2.92. The van der Waals surface area contributed by atoms with Crippen molar-refractivity contribution in [2.24, 2.45) is 11.3 Å². The summed E-state index contributed by atoms with van der Waals surface area (Å²) >= 11 is 0. The van der Waals surface area contributed by atoms with Gasteiger partial charge in [0.15, 0.2) is 0 Å². The van der Waals surface area contributed by atoms with Crippen molar-refractivity contribution in [2.45, 2.75) is 66.3 Å². The van der Waals surface area contributed by atoms with Crippen molar-refractivity contribution in [3.05, 3.63) is 23.0 Å². The highest BCUT2D eigenvalue weighted by molar-refractivity contribution is 5.89. The number of rotatable bonds is 5. The summed E-state index contributed by atoms with van der Waals surface area (Å²) in [7, 11) is 0. The molecular formula is C17H27NO2. The summed E-state index contributed by atoms with van der Waals surface area (Å²) in [5.41, 5.74) is 2.82. The third-order valence-electron chi connectivity index (χ3n) is 4.80. The van der Waals surface area contributed by atoms with Crippen LogP contribution in [0.1, 0.15) is 67.7 Å².